The normalized spacial score (nSPS) is 22.7. The maximum atomic E-state index is 13.3. The van der Waals surface area contributed by atoms with Crippen LogP contribution in [0.4, 0.5) is 4.79 Å². The number of likely N-dealkylation sites (tertiary alicyclic amines) is 1. The first-order chi connectivity index (χ1) is 18.8. The summed E-state index contributed by atoms with van der Waals surface area (Å²) in [6, 6.07) is 8.27. The van der Waals surface area contributed by atoms with Gasteiger partial charge >= 0.3 is 6.03 Å². The Labute approximate surface area is 243 Å². The summed E-state index contributed by atoms with van der Waals surface area (Å²) in [6.07, 6.45) is 5.96. The van der Waals surface area contributed by atoms with E-state index in [1.54, 1.807) is 12.0 Å². The van der Waals surface area contributed by atoms with Crippen molar-refractivity contribution in [1.82, 2.24) is 19.7 Å². The maximum Gasteiger partial charge on any atom is 0.314 e. The second-order valence-corrected chi connectivity index (χ2v) is 12.3. The van der Waals surface area contributed by atoms with Gasteiger partial charge in [-0.1, -0.05) is 17.7 Å². The van der Waals surface area contributed by atoms with Gasteiger partial charge in [0.05, 0.1) is 18.3 Å². The van der Waals surface area contributed by atoms with Gasteiger partial charge < -0.3 is 15.4 Å². The number of amides is 2. The number of ether oxygens (including phenoxy) is 1. The van der Waals surface area contributed by atoms with Crippen LogP contribution in [0.5, 0.6) is 0 Å². The number of aryl methyl sites for hydroxylation is 2. The van der Waals surface area contributed by atoms with Crippen LogP contribution < -0.4 is 5.73 Å². The van der Waals surface area contributed by atoms with E-state index in [9.17, 15) is 9.59 Å². The molecular weight excluding hydrogens is 582 g/mol. The first-order valence-electron chi connectivity index (χ1n) is 13.8. The Morgan fingerprint density at radius 2 is 1.90 bits per heavy atom. The monoisotopic (exact) mass is 617 g/mol. The van der Waals surface area contributed by atoms with Crippen molar-refractivity contribution in [2.24, 2.45) is 11.7 Å². The molecule has 0 spiro atoms. The van der Waals surface area contributed by atoms with Crippen molar-refractivity contribution in [2.45, 2.75) is 44.2 Å². The van der Waals surface area contributed by atoms with E-state index in [2.05, 4.69) is 43.9 Å². The quantitative estimate of drug-likeness (QED) is 0.503. The zero-order valence-electron chi connectivity index (χ0n) is 22.5. The predicted molar refractivity (Wildman–Crippen MR) is 155 cm³/mol. The summed E-state index contributed by atoms with van der Waals surface area (Å²) in [5.74, 6) is 0.246. The molecule has 0 radical (unpaired) electrons. The molecule has 0 bridgehead atoms. The molecule has 2 N–H and O–H groups in total. The van der Waals surface area contributed by atoms with Crippen LogP contribution in [0.2, 0.25) is 5.02 Å². The average Bonchev–Trinajstić information content (AvgIpc) is 3.08. The third-order valence-electron chi connectivity index (χ3n) is 8.57. The Hall–Kier alpha value is -2.04. The molecule has 3 aliphatic rings. The SMILES string of the molecule is COCC[C@H]1CN(C2c3ccc(Cl)cc3CCc3cc(Br)cnc32)CCN1CC(=O)C1CCN(C(N)=O)CC1. The summed E-state index contributed by atoms with van der Waals surface area (Å²) in [5, 5.41) is 0.760. The maximum absolute atomic E-state index is 13.3. The van der Waals surface area contributed by atoms with E-state index < -0.39 is 6.03 Å². The molecule has 10 heteroatoms. The summed E-state index contributed by atoms with van der Waals surface area (Å²) in [7, 11) is 1.73. The minimum Gasteiger partial charge on any atom is -0.385 e. The number of fused-ring (bicyclic) bond motifs is 2. The topological polar surface area (TPSA) is 92.0 Å². The lowest BCUT2D eigenvalue weighted by Crippen LogP contribution is -2.56. The molecule has 2 amide bonds. The van der Waals surface area contributed by atoms with E-state index in [-0.39, 0.29) is 23.8 Å². The number of Topliss-reactive ketones (excluding diaryl/α,β-unsaturated/α-hetero) is 1. The van der Waals surface area contributed by atoms with Crippen molar-refractivity contribution in [3.05, 3.63) is 62.3 Å². The number of hydrogen-bond donors (Lipinski definition) is 1. The Bertz CT molecular complexity index is 1150. The fraction of sp³-hybridized carbons (Fsp3) is 0.552. The van der Waals surface area contributed by atoms with Gasteiger partial charge in [0.2, 0.25) is 0 Å². The van der Waals surface area contributed by atoms with Gasteiger partial charge in [-0.05, 0) is 82.9 Å². The van der Waals surface area contributed by atoms with Crippen molar-refractivity contribution >= 4 is 39.3 Å². The Kier molecular flexibility index (Phi) is 9.23. The summed E-state index contributed by atoms with van der Waals surface area (Å²) >= 11 is 10.0. The zero-order chi connectivity index (χ0) is 27.5. The standard InChI is InChI=1S/C29H37BrClN5O3/c1-39-13-8-24-17-36(12-11-35(24)18-26(37)19-6-9-34(10-7-19)29(32)38)28-25-5-4-23(31)15-20(25)2-3-21-14-22(30)16-33-27(21)28/h4-5,14-16,19,24,28H,2-3,6-13,17-18H2,1H3,(H2,32,38)/t24-,28?/m0/s1. The highest BCUT2D eigenvalue weighted by molar-refractivity contribution is 9.10. The minimum atomic E-state index is -0.401. The van der Waals surface area contributed by atoms with Crippen molar-refractivity contribution in [3.8, 4) is 0 Å². The van der Waals surface area contributed by atoms with E-state index in [4.69, 9.17) is 27.1 Å². The van der Waals surface area contributed by atoms with Gasteiger partial charge in [-0.3, -0.25) is 19.6 Å². The van der Waals surface area contributed by atoms with Gasteiger partial charge in [0.15, 0.2) is 0 Å². The second kappa shape index (κ2) is 12.6. The Morgan fingerprint density at radius 3 is 2.64 bits per heavy atom. The fourth-order valence-corrected chi connectivity index (χ4v) is 6.99. The third-order valence-corrected chi connectivity index (χ3v) is 9.24. The molecule has 39 heavy (non-hydrogen) atoms. The van der Waals surface area contributed by atoms with Crippen LogP contribution in [0.15, 0.2) is 34.9 Å². The van der Waals surface area contributed by atoms with Crippen molar-refractivity contribution in [1.29, 1.82) is 0 Å². The lowest BCUT2D eigenvalue weighted by molar-refractivity contribution is -0.126. The number of piperidine rings is 1. The van der Waals surface area contributed by atoms with Gasteiger partial charge in [-0.15, -0.1) is 0 Å². The number of carbonyl (C=O) groups is 2. The number of benzene rings is 1. The van der Waals surface area contributed by atoms with Crippen molar-refractivity contribution < 1.29 is 14.3 Å². The molecule has 2 saturated heterocycles. The number of rotatable bonds is 7. The van der Waals surface area contributed by atoms with Gasteiger partial charge in [-0.25, -0.2) is 4.79 Å². The molecule has 210 valence electrons. The van der Waals surface area contributed by atoms with Gasteiger partial charge in [0, 0.05) is 74.1 Å². The number of pyridine rings is 1. The Morgan fingerprint density at radius 1 is 1.13 bits per heavy atom. The third kappa shape index (κ3) is 6.49. The average molecular weight is 619 g/mol. The summed E-state index contributed by atoms with van der Waals surface area (Å²) in [4.78, 5) is 36.3. The molecular formula is C29H37BrClN5O3. The second-order valence-electron chi connectivity index (χ2n) is 10.9. The van der Waals surface area contributed by atoms with Crippen LogP contribution in [-0.4, -0.2) is 90.5 Å². The molecule has 1 aromatic heterocycles. The molecule has 2 atom stereocenters. The van der Waals surface area contributed by atoms with E-state index in [1.165, 1.54) is 16.7 Å². The molecule has 5 rings (SSSR count). The van der Waals surface area contributed by atoms with Crippen LogP contribution in [-0.2, 0) is 22.4 Å². The van der Waals surface area contributed by atoms with Gasteiger partial charge in [-0.2, -0.15) is 0 Å². The number of aromatic nitrogens is 1. The zero-order valence-corrected chi connectivity index (χ0v) is 24.8. The van der Waals surface area contributed by atoms with E-state index >= 15 is 0 Å². The molecule has 2 fully saturated rings. The smallest absolute Gasteiger partial charge is 0.314 e. The minimum absolute atomic E-state index is 0.0188. The molecule has 2 aliphatic heterocycles. The first kappa shape index (κ1) is 28.5. The van der Waals surface area contributed by atoms with E-state index in [1.807, 2.05) is 12.3 Å². The number of urea groups is 1. The predicted octanol–water partition coefficient (Wildman–Crippen LogP) is 4.07. The Balaban J connectivity index is 1.36. The van der Waals surface area contributed by atoms with Crippen molar-refractivity contribution in [2.75, 3.05) is 53.0 Å². The number of primary amides is 1. The summed E-state index contributed by atoms with van der Waals surface area (Å²) < 4.78 is 6.47. The van der Waals surface area contributed by atoms with Crippen LogP contribution in [0.25, 0.3) is 0 Å². The molecule has 3 heterocycles. The summed E-state index contributed by atoms with van der Waals surface area (Å²) in [5.41, 5.74) is 10.3. The number of methoxy groups -OCH3 is 1. The van der Waals surface area contributed by atoms with Gasteiger partial charge in [0.1, 0.15) is 5.78 Å². The summed E-state index contributed by atoms with van der Waals surface area (Å²) in [6.45, 7) is 4.63. The number of piperazine rings is 1. The van der Waals surface area contributed by atoms with E-state index in [0.717, 1.165) is 54.1 Å². The molecule has 8 nitrogen and oxygen atoms in total. The number of carbonyl (C=O) groups excluding carboxylic acids is 2. The highest BCUT2D eigenvalue weighted by Gasteiger charge is 2.37. The lowest BCUT2D eigenvalue weighted by Gasteiger charge is -2.45. The highest BCUT2D eigenvalue weighted by Crippen LogP contribution is 2.38. The number of nitrogens with two attached hydrogens (primary N) is 1. The lowest BCUT2D eigenvalue weighted by atomic mass is 9.91. The highest BCUT2D eigenvalue weighted by atomic mass is 79.9. The number of halogens is 2. The molecule has 1 aliphatic carbocycles. The molecule has 0 saturated carbocycles. The van der Waals surface area contributed by atoms with Crippen molar-refractivity contribution in [3.63, 3.8) is 0 Å². The van der Waals surface area contributed by atoms with E-state index in [0.29, 0.717) is 39.1 Å². The molecule has 1 unspecified atom stereocenters. The largest absolute Gasteiger partial charge is 0.385 e. The number of ketones is 1. The first-order valence-corrected chi connectivity index (χ1v) is 15.0. The molecule has 2 aromatic rings. The van der Waals surface area contributed by atoms with Gasteiger partial charge in [0.25, 0.3) is 0 Å². The number of hydrogen-bond acceptors (Lipinski definition) is 6. The molecule has 1 aromatic carbocycles. The van der Waals surface area contributed by atoms with Crippen LogP contribution >= 0.6 is 27.5 Å². The number of nitrogens with zero attached hydrogens (tertiary/aromatic N) is 4. The van der Waals surface area contributed by atoms with Crippen LogP contribution in [0, 0.1) is 5.92 Å². The van der Waals surface area contributed by atoms with Crippen LogP contribution in [0.1, 0.15) is 47.7 Å². The van der Waals surface area contributed by atoms with Crippen LogP contribution in [0.3, 0.4) is 0 Å². The fourth-order valence-electron chi connectivity index (χ4n) is 6.42.